The Kier molecular flexibility index (Phi) is 5.40. The fraction of sp³-hybridized carbons (Fsp3) is 0.923. The third kappa shape index (κ3) is 3.96. The minimum atomic E-state index is -0.175. The highest BCUT2D eigenvalue weighted by Crippen LogP contribution is 2.28. The molecule has 0 aliphatic carbocycles. The molecule has 1 rings (SSSR count). The van der Waals surface area contributed by atoms with E-state index in [2.05, 4.69) is 24.1 Å². The van der Waals surface area contributed by atoms with Gasteiger partial charge in [-0.1, -0.05) is 0 Å². The van der Waals surface area contributed by atoms with Gasteiger partial charge >= 0.3 is 5.97 Å². The molecule has 1 heterocycles. The molecule has 0 saturated carbocycles. The SMILES string of the molecule is CCOC(=O)C(CCN1CCCC1(C)C)NC. The normalized spacial score (nSPS) is 21.4. The van der Waals surface area contributed by atoms with Gasteiger partial charge in [-0.05, 0) is 53.6 Å². The number of esters is 1. The highest BCUT2D eigenvalue weighted by atomic mass is 16.5. The van der Waals surface area contributed by atoms with Crippen molar-refractivity contribution in [1.82, 2.24) is 10.2 Å². The molecule has 0 aromatic carbocycles. The molecule has 0 aromatic rings. The van der Waals surface area contributed by atoms with Crippen molar-refractivity contribution in [3.8, 4) is 0 Å². The molecular weight excluding hydrogens is 216 g/mol. The van der Waals surface area contributed by atoms with E-state index in [0.29, 0.717) is 6.61 Å². The van der Waals surface area contributed by atoms with E-state index in [0.717, 1.165) is 19.5 Å². The lowest BCUT2D eigenvalue weighted by atomic mass is 10.0. The molecule has 0 aromatic heterocycles. The zero-order valence-electron chi connectivity index (χ0n) is 11.6. The average molecular weight is 242 g/mol. The summed E-state index contributed by atoms with van der Waals surface area (Å²) in [7, 11) is 1.82. The van der Waals surface area contributed by atoms with Crippen LogP contribution in [0.1, 0.15) is 40.0 Å². The number of nitrogens with one attached hydrogen (secondary N) is 1. The highest BCUT2D eigenvalue weighted by Gasteiger charge is 2.32. The number of hydrogen-bond donors (Lipinski definition) is 1. The second-order valence-electron chi connectivity index (χ2n) is 5.29. The first-order valence-electron chi connectivity index (χ1n) is 6.60. The van der Waals surface area contributed by atoms with Crippen LogP contribution < -0.4 is 5.32 Å². The first kappa shape index (κ1) is 14.5. The van der Waals surface area contributed by atoms with Crippen molar-refractivity contribution in [2.24, 2.45) is 0 Å². The van der Waals surface area contributed by atoms with Crippen LogP contribution in [-0.2, 0) is 9.53 Å². The van der Waals surface area contributed by atoms with E-state index in [1.165, 1.54) is 12.8 Å². The van der Waals surface area contributed by atoms with E-state index in [9.17, 15) is 4.79 Å². The van der Waals surface area contributed by atoms with Gasteiger partial charge in [0.05, 0.1) is 6.61 Å². The molecule has 1 aliphatic rings. The highest BCUT2D eigenvalue weighted by molar-refractivity contribution is 5.75. The fourth-order valence-corrected chi connectivity index (χ4v) is 2.49. The van der Waals surface area contributed by atoms with Crippen LogP contribution in [0, 0.1) is 0 Å². The Hall–Kier alpha value is -0.610. The minimum Gasteiger partial charge on any atom is -0.465 e. The predicted molar refractivity (Wildman–Crippen MR) is 69.0 cm³/mol. The molecule has 0 bridgehead atoms. The molecule has 4 nitrogen and oxygen atoms in total. The lowest BCUT2D eigenvalue weighted by molar-refractivity contribution is -0.145. The summed E-state index contributed by atoms with van der Waals surface area (Å²) in [6.07, 6.45) is 3.33. The number of carbonyl (C=O) groups is 1. The maximum atomic E-state index is 11.6. The molecule has 4 heteroatoms. The van der Waals surface area contributed by atoms with Crippen LogP contribution in [0.4, 0.5) is 0 Å². The van der Waals surface area contributed by atoms with Gasteiger partial charge in [-0.3, -0.25) is 9.69 Å². The zero-order valence-corrected chi connectivity index (χ0v) is 11.6. The van der Waals surface area contributed by atoms with Gasteiger partial charge in [-0.15, -0.1) is 0 Å². The third-order valence-corrected chi connectivity index (χ3v) is 3.68. The Morgan fingerprint density at radius 2 is 2.24 bits per heavy atom. The van der Waals surface area contributed by atoms with Gasteiger partial charge in [0.1, 0.15) is 6.04 Å². The van der Waals surface area contributed by atoms with Gasteiger partial charge in [-0.2, -0.15) is 0 Å². The van der Waals surface area contributed by atoms with E-state index in [1.807, 2.05) is 14.0 Å². The monoisotopic (exact) mass is 242 g/mol. The van der Waals surface area contributed by atoms with Gasteiger partial charge in [0.2, 0.25) is 0 Å². The van der Waals surface area contributed by atoms with Gasteiger partial charge in [0.15, 0.2) is 0 Å². The summed E-state index contributed by atoms with van der Waals surface area (Å²) < 4.78 is 5.04. The van der Waals surface area contributed by atoms with Crippen LogP contribution in [0.5, 0.6) is 0 Å². The third-order valence-electron chi connectivity index (χ3n) is 3.68. The van der Waals surface area contributed by atoms with Gasteiger partial charge in [0.25, 0.3) is 0 Å². The van der Waals surface area contributed by atoms with Crippen LogP contribution in [0.15, 0.2) is 0 Å². The Morgan fingerprint density at radius 1 is 1.53 bits per heavy atom. The molecular formula is C13H26N2O2. The summed E-state index contributed by atoms with van der Waals surface area (Å²) >= 11 is 0. The van der Waals surface area contributed by atoms with Crippen LogP contribution in [0.2, 0.25) is 0 Å². The van der Waals surface area contributed by atoms with E-state index in [1.54, 1.807) is 0 Å². The van der Waals surface area contributed by atoms with Crippen molar-refractivity contribution in [2.45, 2.75) is 51.6 Å². The first-order chi connectivity index (χ1) is 8.01. The molecule has 1 N–H and O–H groups in total. The predicted octanol–water partition coefficient (Wildman–Crippen LogP) is 1.40. The lowest BCUT2D eigenvalue weighted by Crippen LogP contribution is -2.43. The van der Waals surface area contributed by atoms with Gasteiger partial charge in [0, 0.05) is 12.1 Å². The summed E-state index contributed by atoms with van der Waals surface area (Å²) in [6.45, 7) is 8.95. The average Bonchev–Trinajstić information content (AvgIpc) is 2.59. The number of rotatable bonds is 6. The van der Waals surface area contributed by atoms with Crippen LogP contribution in [0.3, 0.4) is 0 Å². The number of nitrogens with zero attached hydrogens (tertiary/aromatic N) is 1. The van der Waals surface area contributed by atoms with Crippen molar-refractivity contribution in [1.29, 1.82) is 0 Å². The van der Waals surface area contributed by atoms with Crippen molar-refractivity contribution in [2.75, 3.05) is 26.7 Å². The van der Waals surface area contributed by atoms with Crippen molar-refractivity contribution < 1.29 is 9.53 Å². The molecule has 1 unspecified atom stereocenters. The van der Waals surface area contributed by atoms with E-state index in [-0.39, 0.29) is 17.6 Å². The Labute approximate surface area is 105 Å². The Bertz CT molecular complexity index is 254. The first-order valence-corrected chi connectivity index (χ1v) is 6.60. The minimum absolute atomic E-state index is 0.132. The fourth-order valence-electron chi connectivity index (χ4n) is 2.49. The number of ether oxygens (including phenoxy) is 1. The van der Waals surface area contributed by atoms with Crippen molar-refractivity contribution in [3.63, 3.8) is 0 Å². The topological polar surface area (TPSA) is 41.6 Å². The number of hydrogen-bond acceptors (Lipinski definition) is 4. The van der Waals surface area contributed by atoms with E-state index in [4.69, 9.17) is 4.74 Å². The summed E-state index contributed by atoms with van der Waals surface area (Å²) in [6, 6.07) is -0.175. The van der Waals surface area contributed by atoms with Crippen molar-refractivity contribution in [3.05, 3.63) is 0 Å². The Morgan fingerprint density at radius 3 is 2.71 bits per heavy atom. The molecule has 1 saturated heterocycles. The molecule has 0 amide bonds. The molecule has 1 atom stereocenters. The molecule has 17 heavy (non-hydrogen) atoms. The lowest BCUT2D eigenvalue weighted by Gasteiger charge is -2.32. The van der Waals surface area contributed by atoms with Gasteiger partial charge < -0.3 is 10.1 Å². The maximum absolute atomic E-state index is 11.6. The Balaban J connectivity index is 2.40. The van der Waals surface area contributed by atoms with Crippen LogP contribution in [0.25, 0.3) is 0 Å². The summed E-state index contributed by atoms with van der Waals surface area (Å²) in [5, 5.41) is 3.04. The van der Waals surface area contributed by atoms with Crippen molar-refractivity contribution >= 4 is 5.97 Å². The van der Waals surface area contributed by atoms with E-state index < -0.39 is 0 Å². The van der Waals surface area contributed by atoms with E-state index >= 15 is 0 Å². The number of carbonyl (C=O) groups excluding carboxylic acids is 1. The largest absolute Gasteiger partial charge is 0.465 e. The molecule has 1 aliphatic heterocycles. The zero-order chi connectivity index (χ0) is 12.9. The summed E-state index contributed by atoms with van der Waals surface area (Å²) in [4.78, 5) is 14.1. The molecule has 1 fully saturated rings. The van der Waals surface area contributed by atoms with Crippen LogP contribution >= 0.6 is 0 Å². The second-order valence-corrected chi connectivity index (χ2v) is 5.29. The summed E-state index contributed by atoms with van der Waals surface area (Å²) in [5.74, 6) is -0.132. The second kappa shape index (κ2) is 6.36. The quantitative estimate of drug-likeness (QED) is 0.715. The molecule has 100 valence electrons. The smallest absolute Gasteiger partial charge is 0.323 e. The standard InChI is InChI=1S/C13H26N2O2/c1-5-17-12(16)11(14-4)7-10-15-9-6-8-13(15,2)3/h11,14H,5-10H2,1-4H3. The maximum Gasteiger partial charge on any atom is 0.323 e. The number of likely N-dealkylation sites (N-methyl/N-ethyl adjacent to an activating group) is 1. The van der Waals surface area contributed by atoms with Gasteiger partial charge in [-0.25, -0.2) is 0 Å². The van der Waals surface area contributed by atoms with Crippen LogP contribution in [-0.4, -0.2) is 49.2 Å². The molecule has 0 spiro atoms. The summed E-state index contributed by atoms with van der Waals surface area (Å²) in [5.41, 5.74) is 0.285. The molecule has 0 radical (unpaired) electrons. The number of likely N-dealkylation sites (tertiary alicyclic amines) is 1.